The molecule has 5 rings (SSSR count). The van der Waals surface area contributed by atoms with E-state index in [9.17, 15) is 9.59 Å². The van der Waals surface area contributed by atoms with Gasteiger partial charge in [0.05, 0.1) is 17.9 Å². The second-order valence-electron chi connectivity index (χ2n) is 7.94. The number of hydrogen-bond donors (Lipinski definition) is 0. The molecular formula is C22H22N2O3. The molecule has 0 N–H and O–H groups in total. The molecule has 0 bridgehead atoms. The van der Waals surface area contributed by atoms with Gasteiger partial charge >= 0.3 is 0 Å². The van der Waals surface area contributed by atoms with Gasteiger partial charge in [0.2, 0.25) is 0 Å². The summed E-state index contributed by atoms with van der Waals surface area (Å²) in [6.45, 7) is 2.51. The standard InChI is InChI=1S/C22H22N2O3/c1-24-11-14-2-4-15-17(18(14)12-24)10-23-19(9-21(15)26)13-3-5-22-16(8-13)20(25)6-7-27-22/h3,5,8-10,14,18H,2,4,6-7,11-12H2,1H3. The fourth-order valence-electron chi connectivity index (χ4n) is 4.84. The summed E-state index contributed by atoms with van der Waals surface area (Å²) < 4.78 is 5.56. The van der Waals surface area contributed by atoms with Crippen LogP contribution in [-0.2, 0) is 6.42 Å². The van der Waals surface area contributed by atoms with Crippen molar-refractivity contribution in [3.63, 3.8) is 0 Å². The van der Waals surface area contributed by atoms with Crippen LogP contribution in [0.5, 0.6) is 5.75 Å². The van der Waals surface area contributed by atoms with E-state index >= 15 is 0 Å². The minimum Gasteiger partial charge on any atom is -0.492 e. The Morgan fingerprint density at radius 3 is 2.93 bits per heavy atom. The van der Waals surface area contributed by atoms with Gasteiger partial charge in [0.1, 0.15) is 5.75 Å². The summed E-state index contributed by atoms with van der Waals surface area (Å²) in [6.07, 6.45) is 4.20. The molecule has 0 spiro atoms. The summed E-state index contributed by atoms with van der Waals surface area (Å²) >= 11 is 0. The van der Waals surface area contributed by atoms with E-state index in [0.717, 1.165) is 42.6 Å². The first-order valence-corrected chi connectivity index (χ1v) is 9.62. The molecule has 0 amide bonds. The number of ether oxygens (including phenoxy) is 1. The minimum absolute atomic E-state index is 0.0609. The van der Waals surface area contributed by atoms with E-state index in [-0.39, 0.29) is 11.2 Å². The lowest BCUT2D eigenvalue weighted by molar-refractivity contribution is 0.0933. The highest BCUT2D eigenvalue weighted by atomic mass is 16.5. The number of Topliss-reactive ketones (excluding diaryl/α,β-unsaturated/α-hetero) is 1. The van der Waals surface area contributed by atoms with Crippen molar-refractivity contribution in [2.75, 3.05) is 26.7 Å². The molecule has 27 heavy (non-hydrogen) atoms. The molecule has 3 aliphatic rings. The van der Waals surface area contributed by atoms with Crippen molar-refractivity contribution in [2.24, 2.45) is 5.92 Å². The Kier molecular flexibility index (Phi) is 3.86. The molecule has 0 saturated carbocycles. The number of benzene rings is 1. The normalized spacial score (nSPS) is 24.0. The summed E-state index contributed by atoms with van der Waals surface area (Å²) in [4.78, 5) is 32.2. The quantitative estimate of drug-likeness (QED) is 0.781. The Labute approximate surface area is 158 Å². The largest absolute Gasteiger partial charge is 0.492 e. The Balaban J connectivity index is 1.60. The number of rotatable bonds is 1. The van der Waals surface area contributed by atoms with Crippen molar-refractivity contribution in [3.05, 3.63) is 57.4 Å². The van der Waals surface area contributed by atoms with Crippen molar-refractivity contribution in [3.8, 4) is 17.0 Å². The highest BCUT2D eigenvalue weighted by Crippen LogP contribution is 2.39. The zero-order valence-electron chi connectivity index (χ0n) is 15.4. The van der Waals surface area contributed by atoms with Gasteiger partial charge < -0.3 is 9.64 Å². The SMILES string of the molecule is CN1CC2CCc3c(cnc(-c4ccc5c(c4)C(=O)CCO5)cc3=O)C2C1. The summed E-state index contributed by atoms with van der Waals surface area (Å²) in [5.74, 6) is 1.72. The number of fused-ring (bicyclic) bond motifs is 4. The molecule has 0 radical (unpaired) electrons. The lowest BCUT2D eigenvalue weighted by atomic mass is 9.78. The number of carbonyl (C=O) groups excluding carboxylic acids is 1. The van der Waals surface area contributed by atoms with Crippen molar-refractivity contribution < 1.29 is 9.53 Å². The molecule has 2 aromatic rings. The van der Waals surface area contributed by atoms with E-state index in [1.807, 2.05) is 24.4 Å². The lowest BCUT2D eigenvalue weighted by Gasteiger charge is -2.25. The van der Waals surface area contributed by atoms with Gasteiger partial charge in [-0.25, -0.2) is 0 Å². The molecule has 3 heterocycles. The van der Waals surface area contributed by atoms with Crippen LogP contribution in [-0.4, -0.2) is 42.4 Å². The fourth-order valence-corrected chi connectivity index (χ4v) is 4.84. The molecule has 2 atom stereocenters. The van der Waals surface area contributed by atoms with Gasteiger partial charge in [-0.3, -0.25) is 14.6 Å². The van der Waals surface area contributed by atoms with Crippen LogP contribution in [0.15, 0.2) is 35.3 Å². The van der Waals surface area contributed by atoms with Gasteiger partial charge in [0.15, 0.2) is 11.2 Å². The van der Waals surface area contributed by atoms with Crippen LogP contribution in [0.1, 0.15) is 40.2 Å². The van der Waals surface area contributed by atoms with Crippen molar-refractivity contribution in [1.29, 1.82) is 0 Å². The minimum atomic E-state index is 0.0609. The van der Waals surface area contributed by atoms with Gasteiger partial charge in [-0.2, -0.15) is 0 Å². The van der Waals surface area contributed by atoms with Crippen molar-refractivity contribution in [2.45, 2.75) is 25.2 Å². The molecular weight excluding hydrogens is 340 g/mol. The molecule has 2 unspecified atom stereocenters. The van der Waals surface area contributed by atoms with Gasteiger partial charge in [-0.15, -0.1) is 0 Å². The first-order chi connectivity index (χ1) is 13.1. The second kappa shape index (κ2) is 6.27. The van der Waals surface area contributed by atoms with Gasteiger partial charge in [-0.05, 0) is 49.6 Å². The number of likely N-dealkylation sites (N-methyl/N-ethyl adjacent to an activating group) is 1. The predicted molar refractivity (Wildman–Crippen MR) is 102 cm³/mol. The van der Waals surface area contributed by atoms with E-state index in [0.29, 0.717) is 41.9 Å². The monoisotopic (exact) mass is 362 g/mol. The molecule has 5 heteroatoms. The Hall–Kier alpha value is -2.53. The van der Waals surface area contributed by atoms with Crippen LogP contribution >= 0.6 is 0 Å². The molecule has 138 valence electrons. The average Bonchev–Trinajstić information content (AvgIpc) is 2.96. The average molecular weight is 362 g/mol. The molecule has 1 fully saturated rings. The van der Waals surface area contributed by atoms with Crippen LogP contribution < -0.4 is 10.2 Å². The van der Waals surface area contributed by atoms with Crippen LogP contribution in [0, 0.1) is 5.92 Å². The molecule has 5 nitrogen and oxygen atoms in total. The Morgan fingerprint density at radius 1 is 1.15 bits per heavy atom. The van der Waals surface area contributed by atoms with Crippen molar-refractivity contribution in [1.82, 2.24) is 9.88 Å². The highest BCUT2D eigenvalue weighted by Gasteiger charge is 2.36. The van der Waals surface area contributed by atoms with E-state index in [4.69, 9.17) is 4.74 Å². The third kappa shape index (κ3) is 2.77. The molecule has 2 aliphatic heterocycles. The number of carbonyl (C=O) groups is 1. The number of hydrogen-bond acceptors (Lipinski definition) is 5. The molecule has 1 saturated heterocycles. The predicted octanol–water partition coefficient (Wildman–Crippen LogP) is 2.67. The maximum atomic E-state index is 12.9. The van der Waals surface area contributed by atoms with Gasteiger partial charge in [0.25, 0.3) is 0 Å². The van der Waals surface area contributed by atoms with Crippen LogP contribution in [0.4, 0.5) is 0 Å². The molecule has 1 aromatic carbocycles. The van der Waals surface area contributed by atoms with Gasteiger partial charge in [-0.1, -0.05) is 0 Å². The first kappa shape index (κ1) is 16.6. The summed E-state index contributed by atoms with van der Waals surface area (Å²) in [5, 5.41) is 0. The second-order valence-corrected chi connectivity index (χ2v) is 7.94. The van der Waals surface area contributed by atoms with Crippen LogP contribution in [0.3, 0.4) is 0 Å². The maximum Gasteiger partial charge on any atom is 0.184 e. The highest BCUT2D eigenvalue weighted by molar-refractivity contribution is 6.00. The number of ketones is 1. The van der Waals surface area contributed by atoms with Crippen molar-refractivity contribution >= 4 is 5.78 Å². The maximum absolute atomic E-state index is 12.9. The summed E-state index contributed by atoms with van der Waals surface area (Å²) in [5.41, 5.74) is 4.09. The third-order valence-corrected chi connectivity index (χ3v) is 6.21. The van der Waals surface area contributed by atoms with E-state index < -0.39 is 0 Å². The Bertz CT molecular complexity index is 1000. The van der Waals surface area contributed by atoms with Crippen LogP contribution in [0.2, 0.25) is 0 Å². The first-order valence-electron chi connectivity index (χ1n) is 9.62. The van der Waals surface area contributed by atoms with E-state index in [1.165, 1.54) is 0 Å². The fraction of sp³-hybridized carbons (Fsp3) is 0.409. The summed E-state index contributed by atoms with van der Waals surface area (Å²) in [6, 6.07) is 7.13. The summed E-state index contributed by atoms with van der Waals surface area (Å²) in [7, 11) is 2.14. The number of aromatic nitrogens is 1. The third-order valence-electron chi connectivity index (χ3n) is 6.21. The van der Waals surface area contributed by atoms with Crippen LogP contribution in [0.25, 0.3) is 11.3 Å². The molecule has 1 aliphatic carbocycles. The Morgan fingerprint density at radius 2 is 2.04 bits per heavy atom. The van der Waals surface area contributed by atoms with Gasteiger partial charge in [0, 0.05) is 48.8 Å². The van der Waals surface area contributed by atoms with E-state index in [2.05, 4.69) is 16.9 Å². The number of likely N-dealkylation sites (tertiary alicyclic amines) is 1. The lowest BCUT2D eigenvalue weighted by Crippen LogP contribution is -2.22. The number of nitrogens with zero attached hydrogens (tertiary/aromatic N) is 2. The molecule has 1 aromatic heterocycles. The van der Waals surface area contributed by atoms with E-state index in [1.54, 1.807) is 6.07 Å². The zero-order valence-corrected chi connectivity index (χ0v) is 15.4. The topological polar surface area (TPSA) is 59.5 Å². The smallest absolute Gasteiger partial charge is 0.184 e. The zero-order chi connectivity index (χ0) is 18.5.